The van der Waals surface area contributed by atoms with E-state index in [1.807, 2.05) is 0 Å². The summed E-state index contributed by atoms with van der Waals surface area (Å²) >= 11 is 3.10. The summed E-state index contributed by atoms with van der Waals surface area (Å²) in [7, 11) is 0. The van der Waals surface area contributed by atoms with Gasteiger partial charge in [-0.2, -0.15) is 5.01 Å². The van der Waals surface area contributed by atoms with Gasteiger partial charge in [-0.15, -0.1) is 0 Å². The van der Waals surface area contributed by atoms with Crippen molar-refractivity contribution in [3.63, 3.8) is 0 Å². The number of hydrogen-bond acceptors (Lipinski definition) is 3. The Hall–Kier alpha value is -1.96. The number of imide groups is 1. The van der Waals surface area contributed by atoms with E-state index in [1.165, 1.54) is 12.1 Å². The molecule has 1 heterocycles. The molecule has 0 radical (unpaired) electrons. The van der Waals surface area contributed by atoms with E-state index in [9.17, 15) is 18.8 Å². The summed E-state index contributed by atoms with van der Waals surface area (Å²) in [6.45, 7) is 0. The molecule has 0 atom stereocenters. The Labute approximate surface area is 140 Å². The van der Waals surface area contributed by atoms with Crippen molar-refractivity contribution in [2.75, 3.05) is 0 Å². The van der Waals surface area contributed by atoms with Crippen molar-refractivity contribution in [3.8, 4) is 0 Å². The summed E-state index contributed by atoms with van der Waals surface area (Å²) in [6, 6.07) is 3.25. The van der Waals surface area contributed by atoms with Crippen molar-refractivity contribution < 1.29 is 18.8 Å². The Balaban J connectivity index is 1.78. The van der Waals surface area contributed by atoms with Crippen LogP contribution in [0.1, 0.15) is 42.5 Å². The number of nitrogens with one attached hydrogen (secondary N) is 2. The van der Waals surface area contributed by atoms with E-state index < -0.39 is 29.2 Å². The lowest BCUT2D eigenvalue weighted by Crippen LogP contribution is -2.51. The Bertz CT molecular complexity index is 689. The summed E-state index contributed by atoms with van der Waals surface area (Å²) in [5.74, 6) is -2.06. The zero-order valence-electron chi connectivity index (χ0n) is 12.2. The molecule has 8 heteroatoms. The molecule has 1 aliphatic carbocycles. The van der Waals surface area contributed by atoms with Crippen molar-refractivity contribution in [2.24, 2.45) is 0 Å². The number of hydrogen-bond donors (Lipinski definition) is 2. The van der Waals surface area contributed by atoms with Gasteiger partial charge in [0.2, 0.25) is 0 Å². The number of benzene rings is 1. The molecule has 122 valence electrons. The van der Waals surface area contributed by atoms with E-state index in [0.29, 0.717) is 22.3 Å². The van der Waals surface area contributed by atoms with Crippen LogP contribution in [0.15, 0.2) is 22.7 Å². The van der Waals surface area contributed by atoms with Crippen LogP contribution < -0.4 is 10.7 Å². The number of halogens is 2. The molecule has 1 aliphatic heterocycles. The number of hydrazine groups is 1. The fourth-order valence-corrected chi connectivity index (χ4v) is 3.38. The van der Waals surface area contributed by atoms with Crippen molar-refractivity contribution in [1.29, 1.82) is 0 Å². The maximum atomic E-state index is 13.8. The third-order valence-electron chi connectivity index (χ3n) is 4.26. The third kappa shape index (κ3) is 2.83. The van der Waals surface area contributed by atoms with Gasteiger partial charge in [0.05, 0.1) is 5.56 Å². The van der Waals surface area contributed by atoms with Crippen LogP contribution in [0.5, 0.6) is 0 Å². The molecule has 3 rings (SSSR count). The first-order valence-corrected chi connectivity index (χ1v) is 8.15. The molecule has 6 nitrogen and oxygen atoms in total. The van der Waals surface area contributed by atoms with Crippen LogP contribution in [0.25, 0.3) is 0 Å². The van der Waals surface area contributed by atoms with Crippen LogP contribution >= 0.6 is 15.9 Å². The summed E-state index contributed by atoms with van der Waals surface area (Å²) in [4.78, 5) is 36.7. The molecule has 0 bridgehead atoms. The van der Waals surface area contributed by atoms with Gasteiger partial charge in [-0.3, -0.25) is 15.0 Å². The lowest BCUT2D eigenvalue weighted by atomic mass is 9.82. The summed E-state index contributed by atoms with van der Waals surface area (Å²) in [5.41, 5.74) is 1.04. The highest BCUT2D eigenvalue weighted by atomic mass is 79.9. The molecule has 0 unspecified atom stereocenters. The molecule has 2 aliphatic rings. The molecule has 2 N–H and O–H groups in total. The highest BCUT2D eigenvalue weighted by Crippen LogP contribution is 2.33. The fraction of sp³-hybridized carbons (Fsp3) is 0.400. The second-order valence-electron chi connectivity index (χ2n) is 5.78. The van der Waals surface area contributed by atoms with Crippen LogP contribution in [0.4, 0.5) is 9.18 Å². The Morgan fingerprint density at radius 2 is 1.96 bits per heavy atom. The SMILES string of the molecule is O=C(NN1C(=O)NC2(CCCCC2)C1=O)c1ccc(Br)cc1F. The standard InChI is InChI=1S/C15H15BrFN3O3/c16-9-4-5-10(11(17)8-9)12(21)19-20-13(22)15(18-14(20)23)6-2-1-3-7-15/h4-5,8H,1-3,6-7H2,(H,18,23)(H,19,21). The molecule has 1 saturated carbocycles. The van der Waals surface area contributed by atoms with Crippen molar-refractivity contribution in [3.05, 3.63) is 34.1 Å². The fourth-order valence-electron chi connectivity index (χ4n) is 3.05. The van der Waals surface area contributed by atoms with Gasteiger partial charge in [0.25, 0.3) is 11.8 Å². The largest absolute Gasteiger partial charge is 0.344 e. The number of urea groups is 1. The minimum absolute atomic E-state index is 0.238. The van der Waals surface area contributed by atoms with Crippen molar-refractivity contribution >= 4 is 33.8 Å². The van der Waals surface area contributed by atoms with E-state index in [2.05, 4.69) is 26.7 Å². The average Bonchev–Trinajstić information content (AvgIpc) is 2.72. The first-order chi connectivity index (χ1) is 10.9. The quantitative estimate of drug-likeness (QED) is 0.770. The molecule has 2 fully saturated rings. The Kier molecular flexibility index (Phi) is 4.09. The maximum Gasteiger partial charge on any atom is 0.344 e. The minimum atomic E-state index is -0.930. The predicted molar refractivity (Wildman–Crippen MR) is 82.8 cm³/mol. The normalized spacial score (nSPS) is 19.8. The number of carbonyl (C=O) groups excluding carboxylic acids is 3. The van der Waals surface area contributed by atoms with E-state index >= 15 is 0 Å². The zero-order chi connectivity index (χ0) is 16.6. The number of carbonyl (C=O) groups is 3. The molecule has 0 aromatic heterocycles. The highest BCUT2D eigenvalue weighted by Gasteiger charge is 2.52. The molecule has 1 spiro atoms. The summed E-state index contributed by atoms with van der Waals surface area (Å²) in [6.07, 6.45) is 3.80. The van der Waals surface area contributed by atoms with Gasteiger partial charge in [-0.1, -0.05) is 35.2 Å². The van der Waals surface area contributed by atoms with Crippen LogP contribution in [-0.4, -0.2) is 28.4 Å². The minimum Gasteiger partial charge on any atom is -0.322 e. The van der Waals surface area contributed by atoms with Gasteiger partial charge < -0.3 is 5.32 Å². The number of amides is 4. The van der Waals surface area contributed by atoms with Crippen LogP contribution in [0, 0.1) is 5.82 Å². The number of rotatable bonds is 2. The molecule has 1 saturated heterocycles. The van der Waals surface area contributed by atoms with Gasteiger partial charge in [0.1, 0.15) is 11.4 Å². The van der Waals surface area contributed by atoms with Gasteiger partial charge >= 0.3 is 6.03 Å². The van der Waals surface area contributed by atoms with E-state index in [1.54, 1.807) is 0 Å². The van der Waals surface area contributed by atoms with E-state index in [0.717, 1.165) is 25.3 Å². The lowest BCUT2D eigenvalue weighted by Gasteiger charge is -2.30. The highest BCUT2D eigenvalue weighted by molar-refractivity contribution is 9.10. The number of nitrogens with zero attached hydrogens (tertiary/aromatic N) is 1. The second-order valence-corrected chi connectivity index (χ2v) is 6.69. The maximum absolute atomic E-state index is 13.8. The smallest absolute Gasteiger partial charge is 0.322 e. The topological polar surface area (TPSA) is 78.5 Å². The van der Waals surface area contributed by atoms with Gasteiger partial charge in [0.15, 0.2) is 0 Å². The Morgan fingerprint density at radius 3 is 2.61 bits per heavy atom. The van der Waals surface area contributed by atoms with E-state index in [-0.39, 0.29) is 5.56 Å². The van der Waals surface area contributed by atoms with Crippen molar-refractivity contribution in [1.82, 2.24) is 15.8 Å². The molecular formula is C15H15BrFN3O3. The van der Waals surface area contributed by atoms with Gasteiger partial charge in [-0.25, -0.2) is 9.18 Å². The van der Waals surface area contributed by atoms with Crippen LogP contribution in [0.3, 0.4) is 0 Å². The van der Waals surface area contributed by atoms with E-state index in [4.69, 9.17) is 0 Å². The third-order valence-corrected chi connectivity index (χ3v) is 4.75. The average molecular weight is 384 g/mol. The zero-order valence-corrected chi connectivity index (χ0v) is 13.8. The monoisotopic (exact) mass is 383 g/mol. The molecular weight excluding hydrogens is 369 g/mol. The molecule has 23 heavy (non-hydrogen) atoms. The van der Waals surface area contributed by atoms with Crippen LogP contribution in [0.2, 0.25) is 0 Å². The molecule has 1 aromatic carbocycles. The first kappa shape index (κ1) is 15.9. The van der Waals surface area contributed by atoms with Crippen LogP contribution in [-0.2, 0) is 4.79 Å². The summed E-state index contributed by atoms with van der Waals surface area (Å²) < 4.78 is 14.3. The lowest BCUT2D eigenvalue weighted by molar-refractivity contribution is -0.134. The molecule has 1 aromatic rings. The van der Waals surface area contributed by atoms with Crippen molar-refractivity contribution in [2.45, 2.75) is 37.6 Å². The molecule has 4 amide bonds. The first-order valence-electron chi connectivity index (χ1n) is 7.36. The van der Waals surface area contributed by atoms with Gasteiger partial charge in [-0.05, 0) is 31.0 Å². The predicted octanol–water partition coefficient (Wildman–Crippen LogP) is 2.49. The summed E-state index contributed by atoms with van der Waals surface area (Å²) in [5, 5.41) is 3.33. The van der Waals surface area contributed by atoms with Gasteiger partial charge in [0, 0.05) is 4.47 Å². The Morgan fingerprint density at radius 1 is 1.26 bits per heavy atom. The second kappa shape index (κ2) is 5.92.